The van der Waals surface area contributed by atoms with E-state index in [1.165, 1.54) is 24.1 Å². The molecule has 1 aromatic rings. The van der Waals surface area contributed by atoms with Gasteiger partial charge in [0, 0.05) is 18.2 Å². The molecule has 1 fully saturated rings. The molecule has 1 saturated heterocycles. The lowest BCUT2D eigenvalue weighted by molar-refractivity contribution is 0.357. The first-order valence-electron chi connectivity index (χ1n) is 6.15. The van der Waals surface area contributed by atoms with Crippen LogP contribution in [0.4, 0.5) is 5.69 Å². The summed E-state index contributed by atoms with van der Waals surface area (Å²) in [5.74, 6) is 1.07. The molecule has 0 radical (unpaired) electrons. The molecular weight excluding hydrogens is 200 g/mol. The van der Waals surface area contributed by atoms with Gasteiger partial charge in [-0.15, -0.1) is 0 Å². The monoisotopic (exact) mass is 218 g/mol. The number of piperidine rings is 1. The van der Waals surface area contributed by atoms with Crippen LogP contribution in [0.5, 0.6) is 5.75 Å². The first-order chi connectivity index (χ1) is 7.92. The summed E-state index contributed by atoms with van der Waals surface area (Å²) in [6.45, 7) is 3.10. The Morgan fingerprint density at radius 2 is 2.12 bits per heavy atom. The van der Waals surface area contributed by atoms with E-state index in [0.717, 1.165) is 31.9 Å². The van der Waals surface area contributed by atoms with Crippen molar-refractivity contribution in [2.75, 3.05) is 25.0 Å². The zero-order chi connectivity index (χ0) is 10.8. The third kappa shape index (κ3) is 2.00. The summed E-state index contributed by atoms with van der Waals surface area (Å²) in [7, 11) is 0. The van der Waals surface area contributed by atoms with Crippen LogP contribution >= 0.6 is 0 Å². The second kappa shape index (κ2) is 4.34. The van der Waals surface area contributed by atoms with E-state index >= 15 is 0 Å². The SMILES string of the molecule is c1cc2c(cc1NC1CCNCC1)CCO2. The molecule has 2 aliphatic rings. The largest absolute Gasteiger partial charge is 0.493 e. The van der Waals surface area contributed by atoms with Gasteiger partial charge in [0.05, 0.1) is 6.61 Å². The highest BCUT2D eigenvalue weighted by Gasteiger charge is 2.15. The van der Waals surface area contributed by atoms with Gasteiger partial charge in [0.1, 0.15) is 5.75 Å². The zero-order valence-corrected chi connectivity index (χ0v) is 9.46. The normalized spacial score (nSPS) is 20.2. The molecule has 3 nitrogen and oxygen atoms in total. The van der Waals surface area contributed by atoms with Crippen molar-refractivity contribution in [3.8, 4) is 5.75 Å². The van der Waals surface area contributed by atoms with Gasteiger partial charge >= 0.3 is 0 Å². The van der Waals surface area contributed by atoms with Crippen molar-refractivity contribution in [3.05, 3.63) is 23.8 Å². The van der Waals surface area contributed by atoms with Crippen LogP contribution in [-0.4, -0.2) is 25.7 Å². The first kappa shape index (κ1) is 9.97. The molecule has 0 aromatic heterocycles. The van der Waals surface area contributed by atoms with E-state index < -0.39 is 0 Å². The smallest absolute Gasteiger partial charge is 0.122 e. The molecule has 3 heteroatoms. The third-order valence-electron chi connectivity index (χ3n) is 3.40. The minimum Gasteiger partial charge on any atom is -0.493 e. The Kier molecular flexibility index (Phi) is 2.70. The van der Waals surface area contributed by atoms with E-state index in [1.807, 2.05) is 0 Å². The minimum absolute atomic E-state index is 0.627. The van der Waals surface area contributed by atoms with Gasteiger partial charge in [0.25, 0.3) is 0 Å². The van der Waals surface area contributed by atoms with Gasteiger partial charge in [-0.2, -0.15) is 0 Å². The molecule has 0 saturated carbocycles. The van der Waals surface area contributed by atoms with E-state index in [2.05, 4.69) is 28.8 Å². The highest BCUT2D eigenvalue weighted by atomic mass is 16.5. The van der Waals surface area contributed by atoms with Crippen molar-refractivity contribution in [1.82, 2.24) is 5.32 Å². The summed E-state index contributed by atoms with van der Waals surface area (Å²) in [4.78, 5) is 0. The van der Waals surface area contributed by atoms with Gasteiger partial charge < -0.3 is 15.4 Å². The predicted molar refractivity (Wildman–Crippen MR) is 65.2 cm³/mol. The first-order valence-corrected chi connectivity index (χ1v) is 6.15. The maximum Gasteiger partial charge on any atom is 0.122 e. The lowest BCUT2D eigenvalue weighted by Crippen LogP contribution is -2.35. The Hall–Kier alpha value is -1.22. The van der Waals surface area contributed by atoms with E-state index in [9.17, 15) is 0 Å². The van der Waals surface area contributed by atoms with E-state index in [-0.39, 0.29) is 0 Å². The quantitative estimate of drug-likeness (QED) is 0.794. The van der Waals surface area contributed by atoms with Gasteiger partial charge in [-0.1, -0.05) is 0 Å². The standard InChI is InChI=1S/C13H18N2O/c1-2-13-10(5-8-16-13)9-12(1)15-11-3-6-14-7-4-11/h1-2,9,11,14-15H,3-8H2. The average molecular weight is 218 g/mol. The number of nitrogens with one attached hydrogen (secondary N) is 2. The summed E-state index contributed by atoms with van der Waals surface area (Å²) in [6.07, 6.45) is 3.48. The Morgan fingerprint density at radius 3 is 3.00 bits per heavy atom. The van der Waals surface area contributed by atoms with Crippen LogP contribution in [0.2, 0.25) is 0 Å². The number of benzene rings is 1. The summed E-state index contributed by atoms with van der Waals surface area (Å²) < 4.78 is 5.51. The molecule has 86 valence electrons. The van der Waals surface area contributed by atoms with Crippen LogP contribution in [0, 0.1) is 0 Å². The topological polar surface area (TPSA) is 33.3 Å². The maximum absolute atomic E-state index is 5.51. The summed E-state index contributed by atoms with van der Waals surface area (Å²) >= 11 is 0. The lowest BCUT2D eigenvalue weighted by atomic mass is 10.1. The molecule has 0 aliphatic carbocycles. The fourth-order valence-corrected chi connectivity index (χ4v) is 2.48. The van der Waals surface area contributed by atoms with Crippen molar-refractivity contribution >= 4 is 5.69 Å². The second-order valence-corrected chi connectivity index (χ2v) is 4.59. The zero-order valence-electron chi connectivity index (χ0n) is 9.46. The lowest BCUT2D eigenvalue weighted by Gasteiger charge is -2.24. The number of anilines is 1. The molecule has 0 bridgehead atoms. The molecule has 1 aromatic carbocycles. The summed E-state index contributed by atoms with van der Waals surface area (Å²) in [6, 6.07) is 7.09. The van der Waals surface area contributed by atoms with Crippen LogP contribution in [0.3, 0.4) is 0 Å². The third-order valence-corrected chi connectivity index (χ3v) is 3.40. The Labute approximate surface area is 96.2 Å². The fraction of sp³-hybridized carbons (Fsp3) is 0.538. The van der Waals surface area contributed by atoms with Crippen molar-refractivity contribution in [1.29, 1.82) is 0 Å². The van der Waals surface area contributed by atoms with Crippen LogP contribution < -0.4 is 15.4 Å². The Bertz CT molecular complexity index is 372. The van der Waals surface area contributed by atoms with Crippen LogP contribution in [-0.2, 0) is 6.42 Å². The molecule has 2 N–H and O–H groups in total. The molecule has 0 unspecified atom stereocenters. The fourth-order valence-electron chi connectivity index (χ4n) is 2.48. The molecule has 2 aliphatic heterocycles. The minimum atomic E-state index is 0.627. The second-order valence-electron chi connectivity index (χ2n) is 4.59. The molecule has 16 heavy (non-hydrogen) atoms. The molecule has 2 heterocycles. The molecule has 0 amide bonds. The maximum atomic E-state index is 5.51. The number of fused-ring (bicyclic) bond motifs is 1. The Morgan fingerprint density at radius 1 is 1.25 bits per heavy atom. The van der Waals surface area contributed by atoms with Crippen LogP contribution in [0.25, 0.3) is 0 Å². The predicted octanol–water partition coefficient (Wildman–Crippen LogP) is 1.79. The van der Waals surface area contributed by atoms with Gasteiger partial charge in [0.2, 0.25) is 0 Å². The summed E-state index contributed by atoms with van der Waals surface area (Å²) in [5.41, 5.74) is 2.59. The van der Waals surface area contributed by atoms with Crippen molar-refractivity contribution in [3.63, 3.8) is 0 Å². The number of hydrogen-bond donors (Lipinski definition) is 2. The van der Waals surface area contributed by atoms with Gasteiger partial charge in [-0.25, -0.2) is 0 Å². The number of rotatable bonds is 2. The molecule has 3 rings (SSSR count). The molecule has 0 spiro atoms. The molecule has 0 atom stereocenters. The summed E-state index contributed by atoms with van der Waals surface area (Å²) in [5, 5.41) is 7.00. The Balaban J connectivity index is 1.69. The highest BCUT2D eigenvalue weighted by molar-refractivity contribution is 5.53. The molecular formula is C13H18N2O. The van der Waals surface area contributed by atoms with Crippen molar-refractivity contribution in [2.24, 2.45) is 0 Å². The van der Waals surface area contributed by atoms with Crippen molar-refractivity contribution < 1.29 is 4.74 Å². The van der Waals surface area contributed by atoms with Gasteiger partial charge in [-0.05, 0) is 49.7 Å². The van der Waals surface area contributed by atoms with E-state index in [0.29, 0.717) is 6.04 Å². The highest BCUT2D eigenvalue weighted by Crippen LogP contribution is 2.28. The van der Waals surface area contributed by atoms with Crippen LogP contribution in [0.1, 0.15) is 18.4 Å². The number of ether oxygens (including phenoxy) is 1. The van der Waals surface area contributed by atoms with Gasteiger partial charge in [0.15, 0.2) is 0 Å². The van der Waals surface area contributed by atoms with E-state index in [4.69, 9.17) is 4.74 Å². The van der Waals surface area contributed by atoms with Crippen molar-refractivity contribution in [2.45, 2.75) is 25.3 Å². The van der Waals surface area contributed by atoms with E-state index in [1.54, 1.807) is 0 Å². The number of hydrogen-bond acceptors (Lipinski definition) is 3. The van der Waals surface area contributed by atoms with Crippen LogP contribution in [0.15, 0.2) is 18.2 Å². The average Bonchev–Trinajstić information content (AvgIpc) is 2.77. The van der Waals surface area contributed by atoms with Gasteiger partial charge in [-0.3, -0.25) is 0 Å².